The normalized spacial score (nSPS) is 10.9. The maximum Gasteiger partial charge on any atom is 0.139 e. The Bertz CT molecular complexity index is 900. The van der Waals surface area contributed by atoms with Gasteiger partial charge in [0.25, 0.3) is 0 Å². The van der Waals surface area contributed by atoms with Crippen molar-refractivity contribution in [1.29, 1.82) is 0 Å². The number of aromatic nitrogens is 6. The summed E-state index contributed by atoms with van der Waals surface area (Å²) in [6, 6.07) is 15.3. The van der Waals surface area contributed by atoms with E-state index >= 15 is 0 Å². The lowest BCUT2D eigenvalue weighted by Gasteiger charge is -2.01. The van der Waals surface area contributed by atoms with Gasteiger partial charge in [-0.25, -0.2) is 9.50 Å². The average Bonchev–Trinajstić information content (AvgIpc) is 3.00. The molecule has 0 saturated carbocycles. The van der Waals surface area contributed by atoms with Crippen molar-refractivity contribution in [2.45, 2.75) is 0 Å². The van der Waals surface area contributed by atoms with Crippen LogP contribution in [0.4, 0.5) is 0 Å². The highest BCUT2D eigenvalue weighted by Gasteiger charge is 2.10. The zero-order valence-corrected chi connectivity index (χ0v) is 11.0. The quantitative estimate of drug-likeness (QED) is 0.560. The van der Waals surface area contributed by atoms with Gasteiger partial charge in [-0.05, 0) is 36.4 Å². The largest absolute Gasteiger partial charge is 0.244 e. The van der Waals surface area contributed by atoms with Gasteiger partial charge < -0.3 is 0 Å². The molecule has 21 heavy (non-hydrogen) atoms. The van der Waals surface area contributed by atoms with E-state index in [0.29, 0.717) is 0 Å². The molecular weight excluding hydrogens is 264 g/mol. The predicted molar refractivity (Wildman–Crippen MR) is 77.2 cm³/mol. The maximum atomic E-state index is 4.62. The highest BCUT2D eigenvalue weighted by molar-refractivity contribution is 5.75. The second-order valence-electron chi connectivity index (χ2n) is 4.49. The van der Waals surface area contributed by atoms with E-state index in [9.17, 15) is 0 Å². The summed E-state index contributed by atoms with van der Waals surface area (Å²) in [5, 5.41) is 16.3. The minimum Gasteiger partial charge on any atom is -0.244 e. The molecule has 0 atom stereocenters. The Labute approximate surface area is 120 Å². The molecule has 100 valence electrons. The molecule has 0 aliphatic carbocycles. The summed E-state index contributed by atoms with van der Waals surface area (Å²) in [6.07, 6.45) is 3.50. The molecule has 0 fully saturated rings. The molecule has 0 saturated heterocycles. The van der Waals surface area contributed by atoms with Crippen LogP contribution >= 0.6 is 0 Å². The minimum atomic E-state index is 0.732. The highest BCUT2D eigenvalue weighted by atomic mass is 15.4. The molecule has 0 spiro atoms. The lowest BCUT2D eigenvalue weighted by atomic mass is 10.2. The first-order valence-electron chi connectivity index (χ1n) is 6.47. The summed E-state index contributed by atoms with van der Waals surface area (Å²) in [6.45, 7) is 0. The fraction of sp³-hybridized carbons (Fsp3) is 0. The van der Waals surface area contributed by atoms with E-state index in [1.54, 1.807) is 10.7 Å². The van der Waals surface area contributed by atoms with Crippen LogP contribution in [0.15, 0.2) is 60.9 Å². The van der Waals surface area contributed by atoms with Crippen molar-refractivity contribution in [3.63, 3.8) is 0 Å². The molecule has 0 amide bonds. The zero-order valence-electron chi connectivity index (χ0n) is 11.0. The topological polar surface area (TPSA) is 68.9 Å². The van der Waals surface area contributed by atoms with Gasteiger partial charge in [0.1, 0.15) is 11.4 Å². The van der Waals surface area contributed by atoms with E-state index in [1.165, 1.54) is 0 Å². The van der Waals surface area contributed by atoms with Crippen LogP contribution in [0.5, 0.6) is 0 Å². The van der Waals surface area contributed by atoms with Gasteiger partial charge in [0.05, 0.1) is 16.9 Å². The summed E-state index contributed by atoms with van der Waals surface area (Å²) in [4.78, 5) is 4.62. The average molecular weight is 274 g/mol. The van der Waals surface area contributed by atoms with E-state index in [1.807, 2.05) is 54.7 Å². The summed E-state index contributed by atoms with van der Waals surface area (Å²) in [5.74, 6) is 0. The van der Waals surface area contributed by atoms with Crippen LogP contribution in [-0.2, 0) is 0 Å². The van der Waals surface area contributed by atoms with Crippen LogP contribution < -0.4 is 0 Å². The molecule has 0 radical (unpaired) electrons. The Balaban J connectivity index is 1.87. The Morgan fingerprint density at radius 1 is 0.762 bits per heavy atom. The van der Waals surface area contributed by atoms with Crippen molar-refractivity contribution in [3.8, 4) is 22.8 Å². The molecule has 4 heterocycles. The Hall–Kier alpha value is -3.15. The number of fused-ring (bicyclic) bond motifs is 1. The van der Waals surface area contributed by atoms with Crippen molar-refractivity contribution in [1.82, 2.24) is 30.0 Å². The van der Waals surface area contributed by atoms with Crippen molar-refractivity contribution in [2.24, 2.45) is 0 Å². The van der Waals surface area contributed by atoms with Crippen molar-refractivity contribution in [3.05, 3.63) is 60.9 Å². The Morgan fingerprint density at radius 3 is 2.57 bits per heavy atom. The molecule has 0 unspecified atom stereocenters. The van der Waals surface area contributed by atoms with Crippen LogP contribution in [0.25, 0.3) is 28.3 Å². The lowest BCUT2D eigenvalue weighted by Crippen LogP contribution is -1.91. The predicted octanol–water partition coefficient (Wildman–Crippen LogP) is 2.25. The van der Waals surface area contributed by atoms with E-state index in [-0.39, 0.29) is 0 Å². The zero-order chi connectivity index (χ0) is 14.1. The first-order valence-corrected chi connectivity index (χ1v) is 6.47. The van der Waals surface area contributed by atoms with Gasteiger partial charge in [0.2, 0.25) is 0 Å². The van der Waals surface area contributed by atoms with Crippen molar-refractivity contribution < 1.29 is 0 Å². The number of hydrogen-bond acceptors (Lipinski definition) is 5. The molecule has 0 aromatic carbocycles. The smallest absolute Gasteiger partial charge is 0.139 e. The van der Waals surface area contributed by atoms with E-state index in [4.69, 9.17) is 0 Å². The molecule has 0 bridgehead atoms. The molecule has 0 N–H and O–H groups in total. The first kappa shape index (κ1) is 11.7. The van der Waals surface area contributed by atoms with Crippen LogP contribution in [0.3, 0.4) is 0 Å². The lowest BCUT2D eigenvalue weighted by molar-refractivity contribution is 0.856. The molecule has 6 nitrogen and oxygen atoms in total. The van der Waals surface area contributed by atoms with E-state index < -0.39 is 0 Å². The Kier molecular flexibility index (Phi) is 2.64. The van der Waals surface area contributed by atoms with E-state index in [2.05, 4.69) is 25.5 Å². The molecular formula is C15H10N6. The van der Waals surface area contributed by atoms with Crippen LogP contribution in [-0.4, -0.2) is 30.0 Å². The third kappa shape index (κ3) is 2.02. The van der Waals surface area contributed by atoms with Gasteiger partial charge in [-0.15, -0.1) is 10.2 Å². The number of hydrogen-bond donors (Lipinski definition) is 0. The standard InChI is InChI=1S/C15H10N6/c1-2-10-21-14(8-1)15(19-20-21)13-6-3-5-11(17-13)12-7-4-9-16-18-12/h1-10H. The van der Waals surface area contributed by atoms with Gasteiger partial charge in [-0.1, -0.05) is 17.3 Å². The van der Waals surface area contributed by atoms with Crippen LogP contribution in [0.1, 0.15) is 0 Å². The third-order valence-electron chi connectivity index (χ3n) is 3.15. The van der Waals surface area contributed by atoms with Gasteiger partial charge in [0, 0.05) is 12.4 Å². The molecule has 0 aliphatic heterocycles. The second-order valence-corrected chi connectivity index (χ2v) is 4.49. The minimum absolute atomic E-state index is 0.732. The van der Waals surface area contributed by atoms with Crippen molar-refractivity contribution >= 4 is 5.52 Å². The SMILES string of the molecule is c1cnnc(-c2cccc(-c3nnn4ccccc34)n2)c1. The monoisotopic (exact) mass is 274 g/mol. The van der Waals surface area contributed by atoms with Crippen molar-refractivity contribution in [2.75, 3.05) is 0 Å². The van der Waals surface area contributed by atoms with Gasteiger partial charge in [-0.3, -0.25) is 0 Å². The maximum absolute atomic E-state index is 4.62. The Morgan fingerprint density at radius 2 is 1.67 bits per heavy atom. The van der Waals surface area contributed by atoms with Gasteiger partial charge in [0.15, 0.2) is 0 Å². The fourth-order valence-corrected chi connectivity index (χ4v) is 2.17. The number of rotatable bonds is 2. The van der Waals surface area contributed by atoms with Gasteiger partial charge >= 0.3 is 0 Å². The molecule has 4 rings (SSSR count). The summed E-state index contributed by atoms with van der Waals surface area (Å²) >= 11 is 0. The summed E-state index contributed by atoms with van der Waals surface area (Å²) < 4.78 is 1.73. The van der Waals surface area contributed by atoms with Gasteiger partial charge in [-0.2, -0.15) is 5.10 Å². The fourth-order valence-electron chi connectivity index (χ4n) is 2.17. The summed E-state index contributed by atoms with van der Waals surface area (Å²) in [7, 11) is 0. The summed E-state index contributed by atoms with van der Waals surface area (Å²) in [5.41, 5.74) is 3.93. The molecule has 4 aromatic heterocycles. The third-order valence-corrected chi connectivity index (χ3v) is 3.15. The molecule has 4 aromatic rings. The number of nitrogens with zero attached hydrogens (tertiary/aromatic N) is 6. The van der Waals surface area contributed by atoms with Crippen LogP contribution in [0, 0.1) is 0 Å². The van der Waals surface area contributed by atoms with Crippen LogP contribution in [0.2, 0.25) is 0 Å². The number of pyridine rings is 2. The highest BCUT2D eigenvalue weighted by Crippen LogP contribution is 2.22. The molecule has 0 aliphatic rings. The molecule has 6 heteroatoms. The first-order chi connectivity index (χ1) is 10.4. The van der Waals surface area contributed by atoms with E-state index in [0.717, 1.165) is 28.3 Å². The second kappa shape index (κ2) is 4.75.